The van der Waals surface area contributed by atoms with Gasteiger partial charge in [-0.2, -0.15) is 26.3 Å². The Morgan fingerprint density at radius 2 is 1.77 bits per heavy atom. The van der Waals surface area contributed by atoms with Crippen molar-refractivity contribution in [1.82, 2.24) is 0 Å². The van der Waals surface area contributed by atoms with Crippen LogP contribution in [0.25, 0.3) is 0 Å². The Labute approximate surface area is 120 Å². The number of rotatable bonds is 4. The van der Waals surface area contributed by atoms with Crippen molar-refractivity contribution in [2.24, 2.45) is 5.73 Å². The van der Waals surface area contributed by atoms with Crippen LogP contribution in [0.5, 0.6) is 5.75 Å². The number of carboxylic acid groups (broad SMARTS) is 1. The molecule has 0 radical (unpaired) electrons. The number of hydrogen-bond donors (Lipinski definition) is 2. The standard InChI is InChI=1S/C12H11F6NO3/c1-22-9-3-5(11(13,14)15)2-7(12(16,17)18)6(9)4-8(19)10(20)21/h2-3,8H,4,19H2,1H3,(H,20,21). The van der Waals surface area contributed by atoms with Gasteiger partial charge in [0.25, 0.3) is 0 Å². The maximum atomic E-state index is 13.0. The minimum absolute atomic E-state index is 0.0908. The summed E-state index contributed by atoms with van der Waals surface area (Å²) in [4.78, 5) is 10.7. The van der Waals surface area contributed by atoms with E-state index in [2.05, 4.69) is 4.74 Å². The average molecular weight is 331 g/mol. The molecule has 0 heterocycles. The maximum absolute atomic E-state index is 13.0. The van der Waals surface area contributed by atoms with Crippen molar-refractivity contribution < 1.29 is 41.0 Å². The minimum Gasteiger partial charge on any atom is -0.496 e. The molecule has 0 aliphatic carbocycles. The molecule has 124 valence electrons. The van der Waals surface area contributed by atoms with E-state index in [0.717, 1.165) is 7.11 Å². The SMILES string of the molecule is COc1cc(C(F)(F)F)cc(C(F)(F)F)c1CC(N)C(=O)O. The highest BCUT2D eigenvalue weighted by Crippen LogP contribution is 2.41. The Kier molecular flexibility index (Phi) is 4.96. The van der Waals surface area contributed by atoms with Crippen molar-refractivity contribution in [2.45, 2.75) is 24.8 Å². The van der Waals surface area contributed by atoms with Crippen LogP contribution in [0, 0.1) is 0 Å². The molecule has 0 aliphatic heterocycles. The summed E-state index contributed by atoms with van der Waals surface area (Å²) >= 11 is 0. The van der Waals surface area contributed by atoms with Crippen LogP contribution in [0.4, 0.5) is 26.3 Å². The molecule has 0 spiro atoms. The molecule has 1 unspecified atom stereocenters. The summed E-state index contributed by atoms with van der Waals surface area (Å²) in [6.45, 7) is 0. The molecular weight excluding hydrogens is 320 g/mol. The number of ether oxygens (including phenoxy) is 1. The summed E-state index contributed by atoms with van der Waals surface area (Å²) in [6, 6.07) is -1.43. The molecule has 1 atom stereocenters. The van der Waals surface area contributed by atoms with E-state index in [1.807, 2.05) is 0 Å². The van der Waals surface area contributed by atoms with Crippen molar-refractivity contribution in [3.63, 3.8) is 0 Å². The summed E-state index contributed by atoms with van der Waals surface area (Å²) < 4.78 is 81.4. The first-order valence-electron chi connectivity index (χ1n) is 5.71. The van der Waals surface area contributed by atoms with Crippen LogP contribution in [-0.4, -0.2) is 24.2 Å². The number of benzene rings is 1. The molecule has 1 rings (SSSR count). The fraction of sp³-hybridized carbons (Fsp3) is 0.417. The van der Waals surface area contributed by atoms with E-state index in [1.165, 1.54) is 0 Å². The second kappa shape index (κ2) is 6.03. The minimum atomic E-state index is -5.12. The van der Waals surface area contributed by atoms with Crippen molar-refractivity contribution in [2.75, 3.05) is 7.11 Å². The lowest BCUT2D eigenvalue weighted by Gasteiger charge is -2.20. The second-order valence-electron chi connectivity index (χ2n) is 4.35. The van der Waals surface area contributed by atoms with Crippen molar-refractivity contribution in [1.29, 1.82) is 0 Å². The molecule has 10 heteroatoms. The van der Waals surface area contributed by atoms with Gasteiger partial charge in [-0.1, -0.05) is 0 Å². The summed E-state index contributed by atoms with van der Waals surface area (Å²) in [7, 11) is 0.880. The third-order valence-corrected chi connectivity index (χ3v) is 2.80. The third kappa shape index (κ3) is 4.03. The van der Waals surface area contributed by atoms with Gasteiger partial charge >= 0.3 is 18.3 Å². The van der Waals surface area contributed by atoms with Gasteiger partial charge in [0.1, 0.15) is 11.8 Å². The molecule has 0 bridgehead atoms. The van der Waals surface area contributed by atoms with Gasteiger partial charge in [-0.15, -0.1) is 0 Å². The fourth-order valence-corrected chi connectivity index (χ4v) is 1.76. The Bertz CT molecular complexity index is 567. The van der Waals surface area contributed by atoms with Gasteiger partial charge < -0.3 is 15.6 Å². The molecule has 0 amide bonds. The number of halogens is 6. The van der Waals surface area contributed by atoms with E-state index in [1.54, 1.807) is 0 Å². The quantitative estimate of drug-likeness (QED) is 0.832. The first-order valence-corrected chi connectivity index (χ1v) is 5.71. The molecule has 4 nitrogen and oxygen atoms in total. The maximum Gasteiger partial charge on any atom is 0.416 e. The van der Waals surface area contributed by atoms with E-state index in [4.69, 9.17) is 10.8 Å². The molecule has 0 saturated carbocycles. The molecule has 1 aromatic rings. The van der Waals surface area contributed by atoms with E-state index < -0.39 is 53.2 Å². The molecule has 22 heavy (non-hydrogen) atoms. The summed E-state index contributed by atoms with van der Waals surface area (Å²) in [5, 5.41) is 8.66. The van der Waals surface area contributed by atoms with Crippen LogP contribution >= 0.6 is 0 Å². The average Bonchev–Trinajstić information content (AvgIpc) is 2.35. The zero-order valence-corrected chi connectivity index (χ0v) is 11.0. The molecular formula is C12H11F6NO3. The zero-order chi connectivity index (χ0) is 17.3. The third-order valence-electron chi connectivity index (χ3n) is 2.80. The molecule has 0 saturated heterocycles. The van der Waals surface area contributed by atoms with Gasteiger partial charge in [0, 0.05) is 12.0 Å². The Balaban J connectivity index is 3.55. The first kappa shape index (κ1) is 18.1. The topological polar surface area (TPSA) is 72.5 Å². The lowest BCUT2D eigenvalue weighted by Crippen LogP contribution is -2.33. The van der Waals surface area contributed by atoms with Crippen LogP contribution in [0.3, 0.4) is 0 Å². The number of carboxylic acids is 1. The number of methoxy groups -OCH3 is 1. The largest absolute Gasteiger partial charge is 0.496 e. The number of carbonyl (C=O) groups is 1. The summed E-state index contributed by atoms with van der Waals surface area (Å²) in [5.74, 6) is -2.31. The van der Waals surface area contributed by atoms with Crippen LogP contribution in [-0.2, 0) is 23.6 Å². The van der Waals surface area contributed by atoms with Crippen molar-refractivity contribution >= 4 is 5.97 Å². The lowest BCUT2D eigenvalue weighted by atomic mass is 9.96. The Hall–Kier alpha value is -1.97. The van der Waals surface area contributed by atoms with E-state index >= 15 is 0 Å². The van der Waals surface area contributed by atoms with Gasteiger partial charge in [0.15, 0.2) is 0 Å². The fourth-order valence-electron chi connectivity index (χ4n) is 1.76. The smallest absolute Gasteiger partial charge is 0.416 e. The number of alkyl halides is 6. The second-order valence-corrected chi connectivity index (χ2v) is 4.35. The highest BCUT2D eigenvalue weighted by atomic mass is 19.4. The van der Waals surface area contributed by atoms with Crippen LogP contribution < -0.4 is 10.5 Å². The van der Waals surface area contributed by atoms with Gasteiger partial charge in [0.05, 0.1) is 18.2 Å². The Morgan fingerprint density at radius 3 is 2.14 bits per heavy atom. The highest BCUT2D eigenvalue weighted by Gasteiger charge is 2.40. The predicted molar refractivity (Wildman–Crippen MR) is 62.3 cm³/mol. The zero-order valence-electron chi connectivity index (χ0n) is 11.0. The lowest BCUT2D eigenvalue weighted by molar-refractivity contribution is -0.144. The van der Waals surface area contributed by atoms with Gasteiger partial charge in [0.2, 0.25) is 0 Å². The molecule has 3 N–H and O–H groups in total. The van der Waals surface area contributed by atoms with Gasteiger partial charge in [-0.05, 0) is 12.1 Å². The van der Waals surface area contributed by atoms with E-state index in [9.17, 15) is 31.1 Å². The van der Waals surface area contributed by atoms with Crippen LogP contribution in [0.2, 0.25) is 0 Å². The molecule has 0 fully saturated rings. The van der Waals surface area contributed by atoms with Gasteiger partial charge in [-0.25, -0.2) is 0 Å². The van der Waals surface area contributed by atoms with Crippen molar-refractivity contribution in [3.8, 4) is 5.75 Å². The number of aliphatic carboxylic acids is 1. The normalized spacial score (nSPS) is 13.8. The Morgan fingerprint density at radius 1 is 1.23 bits per heavy atom. The molecule has 1 aromatic carbocycles. The number of nitrogens with two attached hydrogens (primary N) is 1. The number of hydrogen-bond acceptors (Lipinski definition) is 3. The van der Waals surface area contributed by atoms with Crippen molar-refractivity contribution in [3.05, 3.63) is 28.8 Å². The highest BCUT2D eigenvalue weighted by molar-refractivity contribution is 5.74. The summed E-state index contributed by atoms with van der Waals surface area (Å²) in [6.07, 6.45) is -11.0. The first-order chi connectivity index (χ1) is 9.87. The predicted octanol–water partition coefficient (Wildman–Crippen LogP) is 2.69. The van der Waals surface area contributed by atoms with Crippen LogP contribution in [0.15, 0.2) is 12.1 Å². The molecule has 0 aliphatic rings. The monoisotopic (exact) mass is 331 g/mol. The van der Waals surface area contributed by atoms with Crippen LogP contribution in [0.1, 0.15) is 16.7 Å². The van der Waals surface area contributed by atoms with Gasteiger partial charge in [-0.3, -0.25) is 4.79 Å². The summed E-state index contributed by atoms with van der Waals surface area (Å²) in [5.41, 5.74) is 1.25. The molecule has 0 aromatic heterocycles. The van der Waals surface area contributed by atoms with E-state index in [-0.39, 0.29) is 6.07 Å². The van der Waals surface area contributed by atoms with E-state index in [0.29, 0.717) is 6.07 Å².